The number of rotatable bonds is 3. The number of carbonyl (C=O) groups excluding carboxylic acids is 1. The molecule has 2 rings (SSSR count). The van der Waals surface area contributed by atoms with Gasteiger partial charge in [-0.25, -0.2) is 0 Å². The average Bonchev–Trinajstić information content (AvgIpc) is 2.64. The largest absolute Gasteiger partial charge is 0.344 e. The summed E-state index contributed by atoms with van der Waals surface area (Å²) >= 11 is 10.7. The third-order valence-corrected chi connectivity index (χ3v) is 4.05. The summed E-state index contributed by atoms with van der Waals surface area (Å²) in [6, 6.07) is 5.53. The first-order valence-corrected chi connectivity index (χ1v) is 7.12. The van der Waals surface area contributed by atoms with Crippen LogP contribution < -0.4 is 5.32 Å². The smallest absolute Gasteiger partial charge is 0.164 e. The number of benzene rings is 1. The molecule has 0 bridgehead atoms. The molecule has 1 aromatic heterocycles. The predicted molar refractivity (Wildman–Crippen MR) is 79.3 cm³/mol. The second kappa shape index (κ2) is 5.38. The van der Waals surface area contributed by atoms with Crippen LogP contribution in [0.1, 0.15) is 23.0 Å². The second-order valence-electron chi connectivity index (χ2n) is 3.78. The van der Waals surface area contributed by atoms with Crippen molar-refractivity contribution in [3.8, 4) is 0 Å². The number of hydrogen-bond acceptors (Lipinski definition) is 4. The number of ketones is 1. The Labute approximate surface area is 122 Å². The average molecular weight is 346 g/mol. The number of carbonyl (C=O) groups is 1. The number of Topliss-reactive ketones (excluding diaryl/α,β-unsaturated/α-hetero) is 1. The van der Waals surface area contributed by atoms with E-state index in [-0.39, 0.29) is 5.78 Å². The SMILES string of the molecule is CC(=O)c1c(C)nsc1Nc1ccc(Br)cc1Cl. The van der Waals surface area contributed by atoms with Gasteiger partial charge in [0, 0.05) is 4.47 Å². The molecule has 0 spiro atoms. The Bertz CT molecular complexity index is 612. The number of aryl methyl sites for hydroxylation is 1. The standard InChI is InChI=1S/C12H10BrClN2OS/c1-6-11(7(2)17)12(18-16-6)15-10-4-3-8(13)5-9(10)14/h3-5,15H,1-2H3. The number of anilines is 2. The quantitative estimate of drug-likeness (QED) is 0.811. The van der Waals surface area contributed by atoms with Crippen LogP contribution in [0.15, 0.2) is 22.7 Å². The van der Waals surface area contributed by atoms with E-state index in [1.165, 1.54) is 18.5 Å². The van der Waals surface area contributed by atoms with Crippen molar-refractivity contribution in [1.82, 2.24) is 4.37 Å². The Kier molecular flexibility index (Phi) is 4.04. The van der Waals surface area contributed by atoms with Gasteiger partial charge in [0.15, 0.2) is 5.78 Å². The monoisotopic (exact) mass is 344 g/mol. The van der Waals surface area contributed by atoms with Gasteiger partial charge < -0.3 is 5.32 Å². The molecule has 0 saturated carbocycles. The molecule has 0 atom stereocenters. The second-order valence-corrected chi connectivity index (χ2v) is 5.87. The van der Waals surface area contributed by atoms with Crippen LogP contribution in [-0.2, 0) is 0 Å². The normalized spacial score (nSPS) is 10.4. The lowest BCUT2D eigenvalue weighted by Gasteiger charge is -2.07. The Balaban J connectivity index is 2.37. The van der Waals surface area contributed by atoms with Crippen LogP contribution in [0.5, 0.6) is 0 Å². The lowest BCUT2D eigenvalue weighted by Crippen LogP contribution is -1.98. The molecule has 2 aromatic rings. The van der Waals surface area contributed by atoms with Gasteiger partial charge in [-0.05, 0) is 43.6 Å². The Morgan fingerprint density at radius 1 is 1.50 bits per heavy atom. The number of nitrogens with zero attached hydrogens (tertiary/aromatic N) is 1. The number of nitrogens with one attached hydrogen (secondary N) is 1. The summed E-state index contributed by atoms with van der Waals surface area (Å²) in [4.78, 5) is 11.6. The van der Waals surface area contributed by atoms with Crippen molar-refractivity contribution in [1.29, 1.82) is 0 Å². The highest BCUT2D eigenvalue weighted by Crippen LogP contribution is 2.33. The Hall–Kier alpha value is -0.910. The van der Waals surface area contributed by atoms with Gasteiger partial charge in [0.05, 0.1) is 22.0 Å². The molecule has 3 nitrogen and oxygen atoms in total. The van der Waals surface area contributed by atoms with Crippen molar-refractivity contribution in [3.63, 3.8) is 0 Å². The molecule has 1 N–H and O–H groups in total. The van der Waals surface area contributed by atoms with Crippen molar-refractivity contribution < 1.29 is 4.79 Å². The Morgan fingerprint density at radius 2 is 2.22 bits per heavy atom. The van der Waals surface area contributed by atoms with Crippen LogP contribution in [0.2, 0.25) is 5.02 Å². The minimum atomic E-state index is -0.00279. The first kappa shape index (κ1) is 13.5. The zero-order valence-electron chi connectivity index (χ0n) is 9.75. The summed E-state index contributed by atoms with van der Waals surface area (Å²) in [6.45, 7) is 3.35. The zero-order valence-corrected chi connectivity index (χ0v) is 12.9. The summed E-state index contributed by atoms with van der Waals surface area (Å²) in [5.41, 5.74) is 2.12. The molecule has 0 radical (unpaired) electrons. The summed E-state index contributed by atoms with van der Waals surface area (Å²) in [7, 11) is 0. The number of aromatic nitrogens is 1. The van der Waals surface area contributed by atoms with Crippen molar-refractivity contribution >= 4 is 55.5 Å². The third kappa shape index (κ3) is 2.74. The summed E-state index contributed by atoms with van der Waals surface area (Å²) < 4.78 is 5.09. The molecule has 0 aliphatic carbocycles. The Morgan fingerprint density at radius 3 is 2.83 bits per heavy atom. The predicted octanol–water partition coefficient (Wildman–Crippen LogP) is 4.81. The fourth-order valence-corrected chi connectivity index (χ4v) is 3.16. The van der Waals surface area contributed by atoms with Crippen LogP contribution in [0, 0.1) is 6.92 Å². The molecule has 0 amide bonds. The zero-order chi connectivity index (χ0) is 13.3. The van der Waals surface area contributed by atoms with Gasteiger partial charge in [0.1, 0.15) is 5.00 Å². The van der Waals surface area contributed by atoms with Crippen LogP contribution in [0.4, 0.5) is 10.7 Å². The molecule has 94 valence electrons. The molecule has 1 aromatic carbocycles. The minimum absolute atomic E-state index is 0.00279. The maximum Gasteiger partial charge on any atom is 0.164 e. The lowest BCUT2D eigenvalue weighted by molar-refractivity contribution is 0.101. The van der Waals surface area contributed by atoms with Gasteiger partial charge in [-0.3, -0.25) is 4.79 Å². The maximum atomic E-state index is 11.6. The van der Waals surface area contributed by atoms with E-state index >= 15 is 0 Å². The number of hydrogen-bond donors (Lipinski definition) is 1. The van der Waals surface area contributed by atoms with E-state index in [9.17, 15) is 4.79 Å². The van der Waals surface area contributed by atoms with Crippen molar-refractivity contribution in [3.05, 3.63) is 39.0 Å². The van der Waals surface area contributed by atoms with Gasteiger partial charge in [-0.15, -0.1) is 0 Å². The van der Waals surface area contributed by atoms with E-state index in [1.807, 2.05) is 19.1 Å². The van der Waals surface area contributed by atoms with E-state index in [4.69, 9.17) is 11.6 Å². The van der Waals surface area contributed by atoms with Crippen LogP contribution in [0.25, 0.3) is 0 Å². The first-order valence-electron chi connectivity index (χ1n) is 5.18. The molecule has 0 aliphatic rings. The molecule has 18 heavy (non-hydrogen) atoms. The van der Waals surface area contributed by atoms with E-state index in [0.29, 0.717) is 10.6 Å². The molecule has 0 saturated heterocycles. The fraction of sp³-hybridized carbons (Fsp3) is 0.167. The van der Waals surface area contributed by atoms with Gasteiger partial charge in [0.2, 0.25) is 0 Å². The van der Waals surface area contributed by atoms with Crippen LogP contribution >= 0.6 is 39.1 Å². The molecule has 0 aliphatic heterocycles. The van der Waals surface area contributed by atoms with E-state index in [0.717, 1.165) is 20.9 Å². The van der Waals surface area contributed by atoms with Crippen molar-refractivity contribution in [2.24, 2.45) is 0 Å². The molecule has 0 fully saturated rings. The fourth-order valence-electron chi connectivity index (χ4n) is 1.58. The van der Waals surface area contributed by atoms with Crippen molar-refractivity contribution in [2.75, 3.05) is 5.32 Å². The van der Waals surface area contributed by atoms with Gasteiger partial charge in [-0.2, -0.15) is 4.37 Å². The molecule has 1 heterocycles. The van der Waals surface area contributed by atoms with Crippen LogP contribution in [-0.4, -0.2) is 10.2 Å². The summed E-state index contributed by atoms with van der Waals surface area (Å²) in [6.07, 6.45) is 0. The molecule has 0 unspecified atom stereocenters. The van der Waals surface area contributed by atoms with E-state index in [2.05, 4.69) is 25.6 Å². The van der Waals surface area contributed by atoms with Crippen LogP contribution in [0.3, 0.4) is 0 Å². The highest BCUT2D eigenvalue weighted by Gasteiger charge is 2.15. The lowest BCUT2D eigenvalue weighted by atomic mass is 10.2. The summed E-state index contributed by atoms with van der Waals surface area (Å²) in [5, 5.41) is 4.47. The molecule has 6 heteroatoms. The van der Waals surface area contributed by atoms with E-state index < -0.39 is 0 Å². The van der Waals surface area contributed by atoms with Gasteiger partial charge in [0.25, 0.3) is 0 Å². The summed E-state index contributed by atoms with van der Waals surface area (Å²) in [5.74, 6) is -0.00279. The highest BCUT2D eigenvalue weighted by molar-refractivity contribution is 9.10. The number of halogens is 2. The van der Waals surface area contributed by atoms with E-state index in [1.54, 1.807) is 6.07 Å². The minimum Gasteiger partial charge on any atom is -0.344 e. The molecular formula is C12H10BrClN2OS. The van der Waals surface area contributed by atoms with Crippen molar-refractivity contribution in [2.45, 2.75) is 13.8 Å². The van der Waals surface area contributed by atoms with Gasteiger partial charge in [-0.1, -0.05) is 27.5 Å². The first-order chi connectivity index (χ1) is 8.49. The topological polar surface area (TPSA) is 42.0 Å². The maximum absolute atomic E-state index is 11.6. The highest BCUT2D eigenvalue weighted by atomic mass is 79.9. The van der Waals surface area contributed by atoms with Gasteiger partial charge >= 0.3 is 0 Å². The third-order valence-electron chi connectivity index (χ3n) is 2.39. The molecular weight excluding hydrogens is 336 g/mol.